The van der Waals surface area contributed by atoms with Crippen LogP contribution in [0.1, 0.15) is 58.4 Å². The Balaban J connectivity index is 1.65. The molecule has 2 heterocycles. The van der Waals surface area contributed by atoms with Gasteiger partial charge >= 0.3 is 6.03 Å². The number of hydrogen-bond donors (Lipinski definition) is 0. The maximum absolute atomic E-state index is 12.5. The Morgan fingerprint density at radius 2 is 1.83 bits per heavy atom. The van der Waals surface area contributed by atoms with E-state index < -0.39 is 0 Å². The molecule has 1 aromatic heterocycles. The molecule has 2 rings (SSSR count). The molecule has 0 N–H and O–H groups in total. The molecule has 4 heteroatoms. The number of hydrogen-bond acceptors (Lipinski definition) is 2. The molecular weight excluding hydrogens is 298 g/mol. The molecule has 134 valence electrons. The van der Waals surface area contributed by atoms with Crippen LogP contribution < -0.4 is 0 Å². The van der Waals surface area contributed by atoms with E-state index in [9.17, 15) is 4.79 Å². The number of aromatic nitrogens is 1. The fraction of sp³-hybridized carbons (Fsp3) is 0.700. The van der Waals surface area contributed by atoms with Crippen molar-refractivity contribution in [2.75, 3.05) is 20.1 Å². The van der Waals surface area contributed by atoms with Gasteiger partial charge in [-0.3, -0.25) is 4.98 Å². The zero-order chi connectivity index (χ0) is 17.6. The van der Waals surface area contributed by atoms with E-state index >= 15 is 0 Å². The second-order valence-corrected chi connectivity index (χ2v) is 8.04. The van der Waals surface area contributed by atoms with Crippen LogP contribution >= 0.6 is 0 Å². The van der Waals surface area contributed by atoms with E-state index in [2.05, 4.69) is 37.9 Å². The van der Waals surface area contributed by atoms with Crippen LogP contribution in [0.5, 0.6) is 0 Å². The molecule has 0 atom stereocenters. The summed E-state index contributed by atoms with van der Waals surface area (Å²) >= 11 is 0. The van der Waals surface area contributed by atoms with Gasteiger partial charge in [0.25, 0.3) is 0 Å². The van der Waals surface area contributed by atoms with Crippen LogP contribution in [0.15, 0.2) is 24.5 Å². The maximum Gasteiger partial charge on any atom is 0.320 e. The van der Waals surface area contributed by atoms with Crippen LogP contribution in [-0.4, -0.2) is 46.5 Å². The van der Waals surface area contributed by atoms with Gasteiger partial charge in [-0.05, 0) is 70.1 Å². The van der Waals surface area contributed by atoms with Crippen LogP contribution in [0.25, 0.3) is 0 Å². The summed E-state index contributed by atoms with van der Waals surface area (Å²) in [7, 11) is 1.91. The number of carbonyl (C=O) groups is 1. The highest BCUT2D eigenvalue weighted by atomic mass is 16.2. The van der Waals surface area contributed by atoms with Gasteiger partial charge in [-0.25, -0.2) is 4.79 Å². The van der Waals surface area contributed by atoms with E-state index in [1.54, 1.807) is 0 Å². The molecule has 1 aromatic rings. The molecule has 0 aromatic carbocycles. The number of unbranched alkanes of at least 4 members (excludes halogenated alkanes) is 1. The van der Waals surface area contributed by atoms with Crippen molar-refractivity contribution in [1.29, 1.82) is 0 Å². The van der Waals surface area contributed by atoms with Crippen LogP contribution in [0.3, 0.4) is 0 Å². The lowest BCUT2D eigenvalue weighted by Crippen LogP contribution is -2.51. The highest BCUT2D eigenvalue weighted by Gasteiger charge is 2.29. The van der Waals surface area contributed by atoms with Gasteiger partial charge in [-0.2, -0.15) is 0 Å². The fourth-order valence-corrected chi connectivity index (χ4v) is 3.22. The van der Waals surface area contributed by atoms with Gasteiger partial charge < -0.3 is 9.80 Å². The van der Waals surface area contributed by atoms with Crippen LogP contribution in [0.4, 0.5) is 4.79 Å². The number of carbonyl (C=O) groups excluding carboxylic acids is 1. The van der Waals surface area contributed by atoms with E-state index in [0.717, 1.165) is 38.3 Å². The number of urea groups is 1. The SMILES string of the molecule is CN(C(=O)N1CCC(CCCCc2ccncc2)CC1)C(C)(C)C. The van der Waals surface area contributed by atoms with Crippen molar-refractivity contribution in [3.63, 3.8) is 0 Å². The molecule has 0 radical (unpaired) electrons. The smallest absolute Gasteiger partial charge is 0.320 e. The number of aryl methyl sites for hydroxylation is 1. The second-order valence-electron chi connectivity index (χ2n) is 8.04. The molecule has 1 aliphatic heterocycles. The third-order valence-electron chi connectivity index (χ3n) is 5.26. The van der Waals surface area contributed by atoms with E-state index in [0.29, 0.717) is 0 Å². The van der Waals surface area contributed by atoms with Gasteiger partial charge in [-0.1, -0.05) is 12.8 Å². The highest BCUT2D eigenvalue weighted by molar-refractivity contribution is 5.75. The average molecular weight is 332 g/mol. The van der Waals surface area contributed by atoms with Crippen molar-refractivity contribution >= 4 is 6.03 Å². The molecule has 1 fully saturated rings. The van der Waals surface area contributed by atoms with Crippen LogP contribution in [-0.2, 0) is 6.42 Å². The molecular formula is C20H33N3O. The first-order valence-electron chi connectivity index (χ1n) is 9.29. The molecule has 1 aliphatic rings. The molecule has 0 bridgehead atoms. The number of amides is 2. The number of pyridine rings is 1. The Morgan fingerprint density at radius 3 is 2.42 bits per heavy atom. The lowest BCUT2D eigenvalue weighted by molar-refractivity contribution is 0.109. The summed E-state index contributed by atoms with van der Waals surface area (Å²) < 4.78 is 0. The minimum absolute atomic E-state index is 0.110. The van der Waals surface area contributed by atoms with E-state index in [4.69, 9.17) is 0 Å². The Labute approximate surface area is 147 Å². The summed E-state index contributed by atoms with van der Waals surface area (Å²) in [6.07, 6.45) is 11.0. The second kappa shape index (κ2) is 8.50. The van der Waals surface area contributed by atoms with Crippen molar-refractivity contribution in [2.24, 2.45) is 5.92 Å². The number of nitrogens with zero attached hydrogens (tertiary/aromatic N) is 3. The Morgan fingerprint density at radius 1 is 1.21 bits per heavy atom. The molecule has 0 saturated carbocycles. The minimum Gasteiger partial charge on any atom is -0.325 e. The first kappa shape index (κ1) is 18.8. The van der Waals surface area contributed by atoms with Crippen LogP contribution in [0.2, 0.25) is 0 Å². The summed E-state index contributed by atoms with van der Waals surface area (Å²) in [5, 5.41) is 0. The molecule has 4 nitrogen and oxygen atoms in total. The zero-order valence-corrected chi connectivity index (χ0v) is 15.8. The van der Waals surface area contributed by atoms with Crippen LogP contribution in [0, 0.1) is 5.92 Å². The van der Waals surface area contributed by atoms with Crippen molar-refractivity contribution in [2.45, 2.75) is 64.8 Å². The third kappa shape index (κ3) is 5.50. The zero-order valence-electron chi connectivity index (χ0n) is 15.8. The summed E-state index contributed by atoms with van der Waals surface area (Å²) in [4.78, 5) is 20.5. The Hall–Kier alpha value is -1.58. The number of likely N-dealkylation sites (tertiary alicyclic amines) is 1. The monoisotopic (exact) mass is 331 g/mol. The molecule has 24 heavy (non-hydrogen) atoms. The van der Waals surface area contributed by atoms with Crippen molar-refractivity contribution in [3.05, 3.63) is 30.1 Å². The van der Waals surface area contributed by atoms with Gasteiger partial charge in [-0.15, -0.1) is 0 Å². The third-order valence-corrected chi connectivity index (χ3v) is 5.26. The molecule has 0 aliphatic carbocycles. The Bertz CT molecular complexity index is 501. The lowest BCUT2D eigenvalue weighted by atomic mass is 9.91. The van der Waals surface area contributed by atoms with Gasteiger partial charge in [0.1, 0.15) is 0 Å². The van der Waals surface area contributed by atoms with Crippen molar-refractivity contribution in [1.82, 2.24) is 14.8 Å². The minimum atomic E-state index is -0.110. The summed E-state index contributed by atoms with van der Waals surface area (Å²) in [5.74, 6) is 0.784. The topological polar surface area (TPSA) is 36.4 Å². The van der Waals surface area contributed by atoms with E-state index in [1.807, 2.05) is 29.2 Å². The van der Waals surface area contributed by atoms with E-state index in [1.165, 1.54) is 24.8 Å². The standard InChI is InChI=1S/C20H33N3O/c1-20(2,3)22(4)19(24)23-15-11-18(12-16-23)8-6-5-7-17-9-13-21-14-10-17/h9-10,13-14,18H,5-8,11-12,15-16H2,1-4H3. The maximum atomic E-state index is 12.5. The van der Waals surface area contributed by atoms with Gasteiger partial charge in [0.15, 0.2) is 0 Å². The summed E-state index contributed by atoms with van der Waals surface area (Å²) in [6.45, 7) is 8.07. The van der Waals surface area contributed by atoms with Crippen molar-refractivity contribution in [3.8, 4) is 0 Å². The van der Waals surface area contributed by atoms with Gasteiger partial charge in [0.2, 0.25) is 0 Å². The van der Waals surface area contributed by atoms with Gasteiger partial charge in [0.05, 0.1) is 0 Å². The number of piperidine rings is 1. The number of rotatable bonds is 5. The first-order valence-corrected chi connectivity index (χ1v) is 9.29. The normalized spacial score (nSPS) is 16.2. The summed E-state index contributed by atoms with van der Waals surface area (Å²) in [5.41, 5.74) is 1.27. The van der Waals surface area contributed by atoms with Gasteiger partial charge in [0, 0.05) is 38.1 Å². The predicted octanol–water partition coefficient (Wildman–Crippen LogP) is 4.36. The predicted molar refractivity (Wildman–Crippen MR) is 99.0 cm³/mol. The largest absolute Gasteiger partial charge is 0.325 e. The lowest BCUT2D eigenvalue weighted by Gasteiger charge is -2.39. The molecule has 0 unspecified atom stereocenters. The van der Waals surface area contributed by atoms with Crippen molar-refractivity contribution < 1.29 is 4.79 Å². The molecule has 1 saturated heterocycles. The Kier molecular flexibility index (Phi) is 6.64. The molecule has 0 spiro atoms. The van der Waals surface area contributed by atoms with E-state index in [-0.39, 0.29) is 11.6 Å². The quantitative estimate of drug-likeness (QED) is 0.752. The summed E-state index contributed by atoms with van der Waals surface area (Å²) in [6, 6.07) is 4.39. The average Bonchev–Trinajstić information content (AvgIpc) is 2.58. The first-order chi connectivity index (χ1) is 11.4. The fourth-order valence-electron chi connectivity index (χ4n) is 3.22. The highest BCUT2D eigenvalue weighted by Crippen LogP contribution is 2.24. The molecule has 2 amide bonds.